The molecule has 25 heavy (non-hydrogen) atoms. The highest BCUT2D eigenvalue weighted by Gasteiger charge is 2.01. The van der Waals surface area contributed by atoms with Crippen molar-refractivity contribution in [3.05, 3.63) is 99.4 Å². The van der Waals surface area contributed by atoms with Gasteiger partial charge in [-0.25, -0.2) is 0 Å². The monoisotopic (exact) mass is 454 g/mol. The van der Waals surface area contributed by atoms with Crippen molar-refractivity contribution >= 4 is 55.1 Å². The maximum absolute atomic E-state index is 4.50. The van der Waals surface area contributed by atoms with E-state index in [4.69, 9.17) is 0 Å². The first-order valence-electron chi connectivity index (χ1n) is 7.79. The molecule has 0 aliphatic carbocycles. The van der Waals surface area contributed by atoms with Crippen LogP contribution in [-0.4, -0.2) is 6.21 Å². The number of nitrogens with zero attached hydrogens (tertiary/aromatic N) is 1. The van der Waals surface area contributed by atoms with Gasteiger partial charge in [-0.3, -0.25) is 4.99 Å². The predicted molar refractivity (Wildman–Crippen MR) is 114 cm³/mol. The highest BCUT2D eigenvalue weighted by Crippen LogP contribution is 2.21. The molecule has 0 aliphatic rings. The van der Waals surface area contributed by atoms with Gasteiger partial charge in [-0.2, -0.15) is 0 Å². The molecule has 3 aromatic rings. The number of hydrogen-bond acceptors (Lipinski definition) is 2. The highest BCUT2D eigenvalue weighted by molar-refractivity contribution is 9.10. The summed E-state index contributed by atoms with van der Waals surface area (Å²) in [5.74, 6) is 0. The first kappa shape index (κ1) is 17.6. The first-order chi connectivity index (χ1) is 12.2. The molecule has 0 atom stereocenters. The summed E-state index contributed by atoms with van der Waals surface area (Å²) in [5, 5.41) is 3.46. The van der Waals surface area contributed by atoms with Gasteiger partial charge in [0.15, 0.2) is 0 Å². The minimum absolute atomic E-state index is 0.913. The Hall–Kier alpha value is -2.17. The SMILES string of the molecule is Brc1ccc(N=C/C=C(\Nc2ccc(Br)cc2)c2ccccc2)cc1. The Bertz CT molecular complexity index is 868. The third-order valence-electron chi connectivity index (χ3n) is 3.50. The van der Waals surface area contributed by atoms with E-state index in [2.05, 4.69) is 54.3 Å². The summed E-state index contributed by atoms with van der Waals surface area (Å²) in [5.41, 5.74) is 4.03. The number of allylic oxidation sites excluding steroid dienone is 1. The second kappa shape index (κ2) is 8.79. The lowest BCUT2D eigenvalue weighted by molar-refractivity contribution is 1.51. The molecule has 3 aromatic carbocycles. The van der Waals surface area contributed by atoms with Gasteiger partial charge in [0.1, 0.15) is 0 Å². The second-order valence-corrected chi connectivity index (χ2v) is 7.16. The molecule has 0 spiro atoms. The van der Waals surface area contributed by atoms with Crippen LogP contribution < -0.4 is 5.32 Å². The molecule has 0 saturated heterocycles. The quantitative estimate of drug-likeness (QED) is 0.409. The third kappa shape index (κ3) is 5.41. The standard InChI is InChI=1S/C21H16Br2N2/c22-17-6-10-19(11-7-17)24-15-14-21(16-4-2-1-3-5-16)25-20-12-8-18(23)9-13-20/h1-15,25H/b21-14-,24-15?. The predicted octanol–water partition coefficient (Wildman–Crippen LogP) is 7.07. The molecule has 3 rings (SSSR count). The summed E-state index contributed by atoms with van der Waals surface area (Å²) in [6.07, 6.45) is 3.80. The Morgan fingerprint density at radius 1 is 0.760 bits per heavy atom. The van der Waals surface area contributed by atoms with Crippen LogP contribution in [0.1, 0.15) is 5.56 Å². The zero-order chi connectivity index (χ0) is 17.5. The number of rotatable bonds is 5. The van der Waals surface area contributed by atoms with Crippen LogP contribution in [-0.2, 0) is 0 Å². The van der Waals surface area contributed by atoms with Crippen molar-refractivity contribution in [2.24, 2.45) is 4.99 Å². The summed E-state index contributed by atoms with van der Waals surface area (Å²) < 4.78 is 2.10. The minimum Gasteiger partial charge on any atom is -0.355 e. The summed E-state index contributed by atoms with van der Waals surface area (Å²) >= 11 is 6.89. The number of benzene rings is 3. The lowest BCUT2D eigenvalue weighted by Gasteiger charge is -2.11. The number of halogens is 2. The minimum atomic E-state index is 0.913. The van der Waals surface area contributed by atoms with Gasteiger partial charge in [-0.1, -0.05) is 62.2 Å². The number of anilines is 1. The third-order valence-corrected chi connectivity index (χ3v) is 4.56. The van der Waals surface area contributed by atoms with E-state index in [1.165, 1.54) is 0 Å². The van der Waals surface area contributed by atoms with E-state index < -0.39 is 0 Å². The van der Waals surface area contributed by atoms with Crippen LogP contribution >= 0.6 is 31.9 Å². The van der Waals surface area contributed by atoms with Gasteiger partial charge >= 0.3 is 0 Å². The van der Waals surface area contributed by atoms with Gasteiger partial charge in [0, 0.05) is 26.5 Å². The van der Waals surface area contributed by atoms with Crippen LogP contribution in [0.15, 0.2) is 98.9 Å². The van der Waals surface area contributed by atoms with Gasteiger partial charge in [0.2, 0.25) is 0 Å². The molecule has 124 valence electrons. The van der Waals surface area contributed by atoms with Crippen LogP contribution in [0.5, 0.6) is 0 Å². The molecule has 0 amide bonds. The average Bonchev–Trinajstić information content (AvgIpc) is 2.65. The molecular formula is C21H16Br2N2. The molecule has 0 unspecified atom stereocenters. The van der Waals surface area contributed by atoms with Crippen molar-refractivity contribution in [3.8, 4) is 0 Å². The van der Waals surface area contributed by atoms with Gasteiger partial charge in [0.05, 0.1) is 5.69 Å². The molecule has 0 bridgehead atoms. The highest BCUT2D eigenvalue weighted by atomic mass is 79.9. The Labute approximate surface area is 164 Å². The maximum Gasteiger partial charge on any atom is 0.0630 e. The summed E-state index contributed by atoms with van der Waals surface area (Å²) in [7, 11) is 0. The van der Waals surface area contributed by atoms with Crippen molar-refractivity contribution in [1.82, 2.24) is 0 Å². The Morgan fingerprint density at radius 3 is 2.00 bits per heavy atom. The molecule has 4 heteroatoms. The molecule has 2 nitrogen and oxygen atoms in total. The van der Waals surface area contributed by atoms with Gasteiger partial charge in [-0.05, 0) is 60.2 Å². The van der Waals surface area contributed by atoms with E-state index in [9.17, 15) is 0 Å². The fourth-order valence-electron chi connectivity index (χ4n) is 2.24. The van der Waals surface area contributed by atoms with Gasteiger partial charge < -0.3 is 5.32 Å². The van der Waals surface area contributed by atoms with Crippen molar-refractivity contribution in [3.63, 3.8) is 0 Å². The molecule has 0 heterocycles. The zero-order valence-corrected chi connectivity index (χ0v) is 16.5. The van der Waals surface area contributed by atoms with Crippen LogP contribution in [0.2, 0.25) is 0 Å². The molecule has 0 radical (unpaired) electrons. The maximum atomic E-state index is 4.50. The second-order valence-electron chi connectivity index (χ2n) is 5.33. The molecule has 0 fully saturated rings. The fraction of sp³-hybridized carbons (Fsp3) is 0. The van der Waals surface area contributed by atoms with Crippen molar-refractivity contribution in [1.29, 1.82) is 0 Å². The van der Waals surface area contributed by atoms with Gasteiger partial charge in [-0.15, -0.1) is 0 Å². The van der Waals surface area contributed by atoms with Crippen LogP contribution in [0.4, 0.5) is 11.4 Å². The smallest absolute Gasteiger partial charge is 0.0630 e. The molecule has 0 aliphatic heterocycles. The van der Waals surface area contributed by atoms with Crippen LogP contribution in [0.3, 0.4) is 0 Å². The zero-order valence-electron chi connectivity index (χ0n) is 13.4. The van der Waals surface area contributed by atoms with Crippen molar-refractivity contribution in [2.75, 3.05) is 5.32 Å². The molecular weight excluding hydrogens is 440 g/mol. The van der Waals surface area contributed by atoms with Gasteiger partial charge in [0.25, 0.3) is 0 Å². The number of nitrogens with one attached hydrogen (secondary N) is 1. The molecule has 1 N–H and O–H groups in total. The van der Waals surface area contributed by atoms with Crippen molar-refractivity contribution < 1.29 is 0 Å². The van der Waals surface area contributed by atoms with E-state index in [1.807, 2.05) is 79.0 Å². The first-order valence-corrected chi connectivity index (χ1v) is 9.37. The summed E-state index contributed by atoms with van der Waals surface area (Å²) in [6, 6.07) is 26.2. The van der Waals surface area contributed by atoms with E-state index in [-0.39, 0.29) is 0 Å². The van der Waals surface area contributed by atoms with Crippen molar-refractivity contribution in [2.45, 2.75) is 0 Å². The number of aliphatic imine (C=N–C) groups is 1. The Balaban J connectivity index is 1.85. The summed E-state index contributed by atoms with van der Waals surface area (Å²) in [6.45, 7) is 0. The lowest BCUT2D eigenvalue weighted by atomic mass is 10.1. The van der Waals surface area contributed by atoms with Crippen LogP contribution in [0, 0.1) is 0 Å². The Morgan fingerprint density at radius 2 is 1.36 bits per heavy atom. The average molecular weight is 456 g/mol. The molecule has 0 aromatic heterocycles. The van der Waals surface area contributed by atoms with E-state index >= 15 is 0 Å². The largest absolute Gasteiger partial charge is 0.355 e. The Kier molecular flexibility index (Phi) is 6.20. The number of hydrogen-bond donors (Lipinski definition) is 1. The summed E-state index contributed by atoms with van der Waals surface area (Å²) in [4.78, 5) is 4.50. The fourth-order valence-corrected chi connectivity index (χ4v) is 2.77. The van der Waals surface area contributed by atoms with E-state index in [1.54, 1.807) is 0 Å². The topological polar surface area (TPSA) is 24.4 Å². The normalized spacial score (nSPS) is 11.7. The van der Waals surface area contributed by atoms with E-state index in [0.717, 1.165) is 31.6 Å². The lowest BCUT2D eigenvalue weighted by Crippen LogP contribution is -1.99. The van der Waals surface area contributed by atoms with Crippen LogP contribution in [0.25, 0.3) is 5.70 Å². The van der Waals surface area contributed by atoms with E-state index in [0.29, 0.717) is 0 Å². The molecule has 0 saturated carbocycles.